The Bertz CT molecular complexity index is 620. The van der Waals surface area contributed by atoms with Crippen LogP contribution in [0.15, 0.2) is 48.5 Å². The van der Waals surface area contributed by atoms with Crippen molar-refractivity contribution in [3.8, 4) is 0 Å². The smallest absolute Gasteiger partial charge is 0.0185 e. The lowest BCUT2D eigenvalue weighted by Crippen LogP contribution is -1.97. The maximum absolute atomic E-state index is 2.34. The molecular formula is C21H26. The second-order valence-electron chi connectivity index (χ2n) is 6.08. The lowest BCUT2D eigenvalue weighted by molar-refractivity contribution is 0.686. The van der Waals surface area contributed by atoms with Crippen LogP contribution in [0.4, 0.5) is 0 Å². The van der Waals surface area contributed by atoms with Crippen LogP contribution in [0.2, 0.25) is 0 Å². The quantitative estimate of drug-likeness (QED) is 0.610. The Morgan fingerprint density at radius 3 is 2.52 bits per heavy atom. The number of hydrogen-bond donors (Lipinski definition) is 0. The molecule has 2 rings (SSSR count). The van der Waals surface area contributed by atoms with Gasteiger partial charge in [0.2, 0.25) is 0 Å². The largest absolute Gasteiger partial charge is 0.0839 e. The van der Waals surface area contributed by atoms with Crippen molar-refractivity contribution in [2.24, 2.45) is 0 Å². The summed E-state index contributed by atoms with van der Waals surface area (Å²) in [5, 5.41) is 0. The molecule has 2 aromatic carbocycles. The van der Waals surface area contributed by atoms with Crippen LogP contribution >= 0.6 is 0 Å². The van der Waals surface area contributed by atoms with E-state index in [1.807, 2.05) is 0 Å². The zero-order valence-corrected chi connectivity index (χ0v) is 13.7. The van der Waals surface area contributed by atoms with Crippen molar-refractivity contribution in [3.05, 3.63) is 76.4 Å². The molecule has 0 fully saturated rings. The van der Waals surface area contributed by atoms with E-state index in [0.29, 0.717) is 5.92 Å². The zero-order valence-electron chi connectivity index (χ0n) is 13.7. The third kappa shape index (κ3) is 4.32. The molecule has 0 aliphatic heterocycles. The fourth-order valence-electron chi connectivity index (χ4n) is 2.80. The summed E-state index contributed by atoms with van der Waals surface area (Å²) in [6.07, 6.45) is 6.87. The van der Waals surface area contributed by atoms with E-state index in [4.69, 9.17) is 0 Å². The van der Waals surface area contributed by atoms with E-state index in [9.17, 15) is 0 Å². The summed E-state index contributed by atoms with van der Waals surface area (Å²) in [6.45, 7) is 8.91. The van der Waals surface area contributed by atoms with E-state index >= 15 is 0 Å². The molecule has 0 aromatic heterocycles. The molecule has 0 bridgehead atoms. The van der Waals surface area contributed by atoms with Gasteiger partial charge in [-0.05, 0) is 61.8 Å². The van der Waals surface area contributed by atoms with Gasteiger partial charge in [-0.15, -0.1) is 0 Å². The Labute approximate surface area is 129 Å². The fraction of sp³-hybridized carbons (Fsp3) is 0.333. The van der Waals surface area contributed by atoms with Crippen molar-refractivity contribution < 1.29 is 0 Å². The van der Waals surface area contributed by atoms with Gasteiger partial charge in [0.05, 0.1) is 0 Å². The van der Waals surface area contributed by atoms with Crippen molar-refractivity contribution in [1.29, 1.82) is 0 Å². The predicted octanol–water partition coefficient (Wildman–Crippen LogP) is 6.21. The molecule has 0 aliphatic carbocycles. The molecule has 0 N–H and O–H groups in total. The van der Waals surface area contributed by atoms with Crippen molar-refractivity contribution in [1.82, 2.24) is 0 Å². The number of aryl methyl sites for hydroxylation is 2. The first-order valence-corrected chi connectivity index (χ1v) is 7.87. The average Bonchev–Trinajstić information content (AvgIpc) is 2.46. The van der Waals surface area contributed by atoms with E-state index in [2.05, 4.69) is 82.3 Å². The highest BCUT2D eigenvalue weighted by atomic mass is 14.1. The highest BCUT2D eigenvalue weighted by Gasteiger charge is 2.08. The molecule has 0 saturated heterocycles. The number of benzene rings is 2. The molecule has 0 amide bonds. The van der Waals surface area contributed by atoms with Crippen LogP contribution < -0.4 is 0 Å². The highest BCUT2D eigenvalue weighted by Crippen LogP contribution is 2.26. The molecule has 0 aliphatic rings. The lowest BCUT2D eigenvalue weighted by Gasteiger charge is -2.15. The fourth-order valence-corrected chi connectivity index (χ4v) is 2.80. The first-order valence-electron chi connectivity index (χ1n) is 7.87. The summed E-state index contributed by atoms with van der Waals surface area (Å²) in [5.74, 6) is 0.618. The van der Waals surface area contributed by atoms with Gasteiger partial charge in [-0.1, -0.05) is 67.1 Å². The van der Waals surface area contributed by atoms with Crippen LogP contribution in [0.3, 0.4) is 0 Å². The van der Waals surface area contributed by atoms with Gasteiger partial charge in [0.1, 0.15) is 0 Å². The first kappa shape index (κ1) is 15.6. The van der Waals surface area contributed by atoms with Gasteiger partial charge in [-0.2, -0.15) is 0 Å². The second-order valence-corrected chi connectivity index (χ2v) is 6.08. The first-order chi connectivity index (χ1) is 10.1. The summed E-state index contributed by atoms with van der Waals surface area (Å²) < 4.78 is 0. The lowest BCUT2D eigenvalue weighted by atomic mass is 9.90. The SMILES string of the molecule is Cc1cccc(/C=C/CC[C@H](C)c2cccc(C)c2C)c1. The Kier molecular flexibility index (Phi) is 5.38. The van der Waals surface area contributed by atoms with E-state index in [0.717, 1.165) is 6.42 Å². The molecule has 1 atom stereocenters. The molecule has 2 aromatic rings. The number of hydrogen-bond acceptors (Lipinski definition) is 0. The minimum absolute atomic E-state index is 0.618. The van der Waals surface area contributed by atoms with Crippen LogP contribution in [-0.2, 0) is 0 Å². The van der Waals surface area contributed by atoms with Crippen molar-refractivity contribution in [2.45, 2.75) is 46.5 Å². The normalized spacial score (nSPS) is 12.8. The Balaban J connectivity index is 1.92. The van der Waals surface area contributed by atoms with Crippen LogP contribution in [0.5, 0.6) is 0 Å². The molecule has 21 heavy (non-hydrogen) atoms. The van der Waals surface area contributed by atoms with Crippen LogP contribution in [0.25, 0.3) is 6.08 Å². The van der Waals surface area contributed by atoms with E-state index < -0.39 is 0 Å². The molecule has 0 saturated carbocycles. The minimum Gasteiger partial charge on any atom is -0.0839 e. The summed E-state index contributed by atoms with van der Waals surface area (Å²) in [4.78, 5) is 0. The van der Waals surface area contributed by atoms with Crippen molar-refractivity contribution in [2.75, 3.05) is 0 Å². The third-order valence-corrected chi connectivity index (χ3v) is 4.30. The van der Waals surface area contributed by atoms with Gasteiger partial charge < -0.3 is 0 Å². The molecule has 0 heteroatoms. The Morgan fingerprint density at radius 2 is 1.76 bits per heavy atom. The molecule has 0 heterocycles. The Hall–Kier alpha value is -1.82. The van der Waals surface area contributed by atoms with E-state index in [-0.39, 0.29) is 0 Å². The maximum Gasteiger partial charge on any atom is -0.0185 e. The summed E-state index contributed by atoms with van der Waals surface area (Å²) >= 11 is 0. The van der Waals surface area contributed by atoms with Gasteiger partial charge in [0.25, 0.3) is 0 Å². The van der Waals surface area contributed by atoms with Crippen LogP contribution in [0, 0.1) is 20.8 Å². The predicted molar refractivity (Wildman–Crippen MR) is 93.8 cm³/mol. The summed E-state index contributed by atoms with van der Waals surface area (Å²) in [5.41, 5.74) is 6.97. The minimum atomic E-state index is 0.618. The number of rotatable bonds is 5. The topological polar surface area (TPSA) is 0 Å². The van der Waals surface area contributed by atoms with Crippen molar-refractivity contribution >= 4 is 6.08 Å². The average molecular weight is 278 g/mol. The van der Waals surface area contributed by atoms with E-state index in [1.54, 1.807) is 0 Å². The van der Waals surface area contributed by atoms with Gasteiger partial charge >= 0.3 is 0 Å². The summed E-state index contributed by atoms with van der Waals surface area (Å²) in [6, 6.07) is 15.3. The van der Waals surface area contributed by atoms with Crippen molar-refractivity contribution in [3.63, 3.8) is 0 Å². The standard InChI is InChI=1S/C21H26/c1-16-9-7-13-20(15-16)12-6-5-10-18(3)21-14-8-11-17(2)19(21)4/h6-9,11-15,18H,5,10H2,1-4H3/b12-6+/t18-/m0/s1. The number of allylic oxidation sites excluding steroid dienone is 1. The van der Waals surface area contributed by atoms with Gasteiger partial charge in [0, 0.05) is 0 Å². The van der Waals surface area contributed by atoms with Gasteiger partial charge in [-0.3, -0.25) is 0 Å². The molecule has 0 nitrogen and oxygen atoms in total. The molecular weight excluding hydrogens is 252 g/mol. The molecule has 110 valence electrons. The highest BCUT2D eigenvalue weighted by molar-refractivity contribution is 5.50. The van der Waals surface area contributed by atoms with Crippen LogP contribution in [0.1, 0.15) is 53.5 Å². The zero-order chi connectivity index (χ0) is 15.2. The molecule has 0 radical (unpaired) electrons. The maximum atomic E-state index is 2.34. The van der Waals surface area contributed by atoms with Gasteiger partial charge in [0.15, 0.2) is 0 Å². The van der Waals surface area contributed by atoms with Crippen LogP contribution in [-0.4, -0.2) is 0 Å². The summed E-state index contributed by atoms with van der Waals surface area (Å²) in [7, 11) is 0. The third-order valence-electron chi connectivity index (χ3n) is 4.30. The second kappa shape index (κ2) is 7.26. The monoisotopic (exact) mass is 278 g/mol. The molecule has 0 spiro atoms. The molecule has 0 unspecified atom stereocenters. The Morgan fingerprint density at radius 1 is 1.00 bits per heavy atom. The van der Waals surface area contributed by atoms with E-state index in [1.165, 1.54) is 34.2 Å². The van der Waals surface area contributed by atoms with Gasteiger partial charge in [-0.25, -0.2) is 0 Å².